The van der Waals surface area contributed by atoms with Crippen LogP contribution in [-0.2, 0) is 0 Å². The second-order valence-corrected chi connectivity index (χ2v) is 6.02. The SMILES string of the molecule is Cc1ccc(NC(=S)Nc2ccc(C(C)C)cc2)cc1[N+](=O)[O-]. The van der Waals surface area contributed by atoms with Crippen molar-refractivity contribution in [3.63, 3.8) is 0 Å². The maximum atomic E-state index is 11.0. The number of nitrogens with zero attached hydrogens (tertiary/aromatic N) is 1. The highest BCUT2D eigenvalue weighted by molar-refractivity contribution is 7.80. The lowest BCUT2D eigenvalue weighted by molar-refractivity contribution is -0.385. The third kappa shape index (κ3) is 4.50. The van der Waals surface area contributed by atoms with E-state index in [1.165, 1.54) is 11.6 Å². The molecule has 0 aliphatic heterocycles. The molecule has 23 heavy (non-hydrogen) atoms. The molecular weight excluding hydrogens is 310 g/mol. The number of nitro benzene ring substituents is 1. The van der Waals surface area contributed by atoms with Crippen LogP contribution in [0, 0.1) is 17.0 Å². The third-order valence-electron chi connectivity index (χ3n) is 3.50. The van der Waals surface area contributed by atoms with E-state index in [1.807, 2.05) is 24.3 Å². The van der Waals surface area contributed by atoms with Gasteiger partial charge in [0, 0.05) is 23.0 Å². The maximum Gasteiger partial charge on any atom is 0.274 e. The lowest BCUT2D eigenvalue weighted by Crippen LogP contribution is -2.19. The molecule has 0 saturated heterocycles. The summed E-state index contributed by atoms with van der Waals surface area (Å²) in [6.07, 6.45) is 0. The lowest BCUT2D eigenvalue weighted by Gasteiger charge is -2.12. The average Bonchev–Trinajstić information content (AvgIpc) is 2.49. The number of nitro groups is 1. The highest BCUT2D eigenvalue weighted by Crippen LogP contribution is 2.22. The number of thiocarbonyl (C=S) groups is 1. The number of nitrogens with one attached hydrogen (secondary N) is 2. The first-order valence-electron chi connectivity index (χ1n) is 7.30. The van der Waals surface area contributed by atoms with Crippen molar-refractivity contribution in [2.24, 2.45) is 0 Å². The smallest absolute Gasteiger partial charge is 0.274 e. The summed E-state index contributed by atoms with van der Waals surface area (Å²) in [5, 5.41) is 17.4. The Morgan fingerprint density at radius 1 is 1.09 bits per heavy atom. The Morgan fingerprint density at radius 3 is 2.22 bits per heavy atom. The van der Waals surface area contributed by atoms with Gasteiger partial charge in [0.25, 0.3) is 5.69 Å². The van der Waals surface area contributed by atoms with Gasteiger partial charge in [-0.25, -0.2) is 0 Å². The van der Waals surface area contributed by atoms with Crippen LogP contribution in [0.4, 0.5) is 17.1 Å². The van der Waals surface area contributed by atoms with Gasteiger partial charge in [-0.05, 0) is 48.8 Å². The van der Waals surface area contributed by atoms with Crippen LogP contribution in [0.5, 0.6) is 0 Å². The van der Waals surface area contributed by atoms with Crippen molar-refractivity contribution in [2.75, 3.05) is 10.6 Å². The fraction of sp³-hybridized carbons (Fsp3) is 0.235. The molecule has 0 unspecified atom stereocenters. The van der Waals surface area contributed by atoms with E-state index in [1.54, 1.807) is 19.1 Å². The van der Waals surface area contributed by atoms with Gasteiger partial charge in [-0.2, -0.15) is 0 Å². The molecule has 0 amide bonds. The summed E-state index contributed by atoms with van der Waals surface area (Å²) in [5.41, 5.74) is 3.39. The summed E-state index contributed by atoms with van der Waals surface area (Å²) in [5.74, 6) is 0.474. The van der Waals surface area contributed by atoms with E-state index in [0.717, 1.165) is 5.69 Å². The molecule has 2 aromatic rings. The second kappa shape index (κ2) is 7.19. The zero-order chi connectivity index (χ0) is 17.0. The van der Waals surface area contributed by atoms with Crippen molar-refractivity contribution < 1.29 is 4.92 Å². The highest BCUT2D eigenvalue weighted by Gasteiger charge is 2.11. The van der Waals surface area contributed by atoms with Crippen LogP contribution in [0.25, 0.3) is 0 Å². The van der Waals surface area contributed by atoms with Gasteiger partial charge in [0.05, 0.1) is 4.92 Å². The standard InChI is InChI=1S/C17H19N3O2S/c1-11(2)13-5-8-14(9-6-13)18-17(23)19-15-7-4-12(3)16(10-15)20(21)22/h4-11H,1-3H3,(H2,18,19,23). The molecule has 0 aliphatic carbocycles. The van der Waals surface area contributed by atoms with Gasteiger partial charge in [-0.15, -0.1) is 0 Å². The monoisotopic (exact) mass is 329 g/mol. The predicted molar refractivity (Wildman–Crippen MR) is 98.2 cm³/mol. The minimum atomic E-state index is -0.401. The molecule has 0 aromatic heterocycles. The minimum Gasteiger partial charge on any atom is -0.332 e. The van der Waals surface area contributed by atoms with Crippen molar-refractivity contribution in [2.45, 2.75) is 26.7 Å². The molecule has 0 saturated carbocycles. The first-order chi connectivity index (χ1) is 10.9. The number of benzene rings is 2. The van der Waals surface area contributed by atoms with Gasteiger partial charge < -0.3 is 10.6 Å². The molecule has 0 aliphatic rings. The molecule has 6 heteroatoms. The summed E-state index contributed by atoms with van der Waals surface area (Å²) in [4.78, 5) is 10.6. The molecule has 0 heterocycles. The van der Waals surface area contributed by atoms with Crippen LogP contribution < -0.4 is 10.6 Å². The number of aryl methyl sites for hydroxylation is 1. The normalized spacial score (nSPS) is 10.4. The molecule has 0 spiro atoms. The average molecular weight is 329 g/mol. The van der Waals surface area contributed by atoms with E-state index in [0.29, 0.717) is 22.3 Å². The molecule has 0 bridgehead atoms. The Balaban J connectivity index is 2.05. The predicted octanol–water partition coefficient (Wildman–Crippen LogP) is 4.84. The van der Waals surface area contributed by atoms with Crippen molar-refractivity contribution >= 4 is 34.4 Å². The van der Waals surface area contributed by atoms with Gasteiger partial charge in [-0.1, -0.05) is 32.0 Å². The number of hydrogen-bond donors (Lipinski definition) is 2. The fourth-order valence-corrected chi connectivity index (χ4v) is 2.36. The van der Waals surface area contributed by atoms with Crippen LogP contribution in [0.2, 0.25) is 0 Å². The van der Waals surface area contributed by atoms with Gasteiger partial charge in [0.2, 0.25) is 0 Å². The topological polar surface area (TPSA) is 67.2 Å². The van der Waals surface area contributed by atoms with Crippen molar-refractivity contribution in [1.82, 2.24) is 0 Å². The Morgan fingerprint density at radius 2 is 1.65 bits per heavy atom. The summed E-state index contributed by atoms with van der Waals surface area (Å²) < 4.78 is 0. The van der Waals surface area contributed by atoms with E-state index in [9.17, 15) is 10.1 Å². The van der Waals surface area contributed by atoms with Gasteiger partial charge >= 0.3 is 0 Å². The zero-order valence-electron chi connectivity index (χ0n) is 13.3. The van der Waals surface area contributed by atoms with Crippen LogP contribution in [0.3, 0.4) is 0 Å². The van der Waals surface area contributed by atoms with E-state index in [4.69, 9.17) is 12.2 Å². The summed E-state index contributed by atoms with van der Waals surface area (Å²) in [7, 11) is 0. The van der Waals surface area contributed by atoms with Crippen LogP contribution in [0.1, 0.15) is 30.9 Å². The Labute approximate surface area is 140 Å². The molecular formula is C17H19N3O2S. The van der Waals surface area contributed by atoms with Crippen molar-refractivity contribution in [3.8, 4) is 0 Å². The van der Waals surface area contributed by atoms with E-state index >= 15 is 0 Å². The van der Waals surface area contributed by atoms with Crippen LogP contribution in [0.15, 0.2) is 42.5 Å². The largest absolute Gasteiger partial charge is 0.332 e. The van der Waals surface area contributed by atoms with Gasteiger partial charge in [0.1, 0.15) is 0 Å². The molecule has 2 aromatic carbocycles. The molecule has 5 nitrogen and oxygen atoms in total. The van der Waals surface area contributed by atoms with Crippen LogP contribution >= 0.6 is 12.2 Å². The lowest BCUT2D eigenvalue weighted by atomic mass is 10.0. The molecule has 0 fully saturated rings. The minimum absolute atomic E-state index is 0.0686. The molecule has 0 atom stereocenters. The first-order valence-corrected chi connectivity index (χ1v) is 7.70. The summed E-state index contributed by atoms with van der Waals surface area (Å²) in [6.45, 7) is 5.98. The van der Waals surface area contributed by atoms with E-state index in [2.05, 4.69) is 24.5 Å². The second-order valence-electron chi connectivity index (χ2n) is 5.61. The van der Waals surface area contributed by atoms with Gasteiger partial charge in [0.15, 0.2) is 5.11 Å². The molecule has 120 valence electrons. The molecule has 2 rings (SSSR count). The van der Waals surface area contributed by atoms with Gasteiger partial charge in [-0.3, -0.25) is 10.1 Å². The number of rotatable bonds is 4. The Bertz CT molecular complexity index is 727. The summed E-state index contributed by atoms with van der Waals surface area (Å²) >= 11 is 5.25. The number of anilines is 2. The van der Waals surface area contributed by atoms with Crippen molar-refractivity contribution in [3.05, 3.63) is 63.7 Å². The van der Waals surface area contributed by atoms with Crippen molar-refractivity contribution in [1.29, 1.82) is 0 Å². The highest BCUT2D eigenvalue weighted by atomic mass is 32.1. The maximum absolute atomic E-state index is 11.0. The fourth-order valence-electron chi connectivity index (χ4n) is 2.13. The molecule has 0 radical (unpaired) electrons. The van der Waals surface area contributed by atoms with E-state index < -0.39 is 4.92 Å². The summed E-state index contributed by atoms with van der Waals surface area (Å²) in [6, 6.07) is 12.9. The molecule has 2 N–H and O–H groups in total. The Hall–Kier alpha value is -2.47. The zero-order valence-corrected chi connectivity index (χ0v) is 14.1. The quantitative estimate of drug-likeness (QED) is 0.477. The number of hydrogen-bond acceptors (Lipinski definition) is 3. The van der Waals surface area contributed by atoms with Crippen LogP contribution in [-0.4, -0.2) is 10.0 Å². The third-order valence-corrected chi connectivity index (χ3v) is 3.70. The van der Waals surface area contributed by atoms with E-state index in [-0.39, 0.29) is 5.69 Å². The Kier molecular flexibility index (Phi) is 5.28. The first kappa shape index (κ1) is 16.9.